The van der Waals surface area contributed by atoms with Crippen LogP contribution >= 0.6 is 23.2 Å². The lowest BCUT2D eigenvalue weighted by molar-refractivity contribution is 0.289. The Kier molecular flexibility index (Phi) is 3.88. The molecular weight excluding hydrogens is 401 g/mol. The molecule has 0 saturated heterocycles. The molecule has 2 aromatic carbocycles. The predicted octanol–water partition coefficient (Wildman–Crippen LogP) is 4.74. The van der Waals surface area contributed by atoms with Crippen molar-refractivity contribution in [3.8, 4) is 0 Å². The van der Waals surface area contributed by atoms with E-state index in [0.29, 0.717) is 55.4 Å². The standard InChI is InChI=1S/C21H13Cl2NO4/c1-24-8-17-18(21(26)13-7-11(23)3-5-16(13)28-17)19(24)14-9-27-15-4-2-10(22)6-12(15)20(14)25/h2-7,9,19H,8H2,1H3. The number of halogens is 2. The molecule has 1 unspecified atom stereocenters. The Hall–Kier alpha value is -2.60. The summed E-state index contributed by atoms with van der Waals surface area (Å²) >= 11 is 12.1. The number of fused-ring (bicyclic) bond motifs is 3. The van der Waals surface area contributed by atoms with Crippen LogP contribution in [0.3, 0.4) is 0 Å². The fraction of sp³-hybridized carbons (Fsp3) is 0.143. The minimum absolute atomic E-state index is 0.196. The van der Waals surface area contributed by atoms with Gasteiger partial charge in [-0.05, 0) is 43.4 Å². The van der Waals surface area contributed by atoms with E-state index in [0.717, 1.165) is 0 Å². The van der Waals surface area contributed by atoms with Crippen LogP contribution in [0.5, 0.6) is 0 Å². The second-order valence-electron chi connectivity index (χ2n) is 6.89. The zero-order chi connectivity index (χ0) is 19.6. The molecule has 3 heterocycles. The Morgan fingerprint density at radius 3 is 2.32 bits per heavy atom. The second-order valence-corrected chi connectivity index (χ2v) is 7.76. The predicted molar refractivity (Wildman–Crippen MR) is 108 cm³/mol. The van der Waals surface area contributed by atoms with Gasteiger partial charge in [-0.3, -0.25) is 14.5 Å². The first-order chi connectivity index (χ1) is 13.4. The molecule has 0 amide bonds. The van der Waals surface area contributed by atoms with Crippen molar-refractivity contribution in [2.45, 2.75) is 12.6 Å². The minimum atomic E-state index is -0.575. The topological polar surface area (TPSA) is 63.7 Å². The van der Waals surface area contributed by atoms with Crippen LogP contribution < -0.4 is 10.9 Å². The summed E-state index contributed by atoms with van der Waals surface area (Å²) in [6.07, 6.45) is 1.41. The molecule has 0 aliphatic carbocycles. The summed E-state index contributed by atoms with van der Waals surface area (Å²) in [6, 6.07) is 9.25. The second kappa shape index (κ2) is 6.21. The Labute approximate surface area is 168 Å². The van der Waals surface area contributed by atoms with Gasteiger partial charge in [-0.2, -0.15) is 0 Å². The monoisotopic (exact) mass is 413 g/mol. The van der Waals surface area contributed by atoms with Crippen molar-refractivity contribution in [1.29, 1.82) is 0 Å². The maximum atomic E-state index is 13.2. The maximum Gasteiger partial charge on any atom is 0.198 e. The molecule has 0 spiro atoms. The summed E-state index contributed by atoms with van der Waals surface area (Å²) in [5.74, 6) is 0.540. The highest BCUT2D eigenvalue weighted by Crippen LogP contribution is 2.36. The average molecular weight is 414 g/mol. The molecule has 5 rings (SSSR count). The Balaban J connectivity index is 1.80. The Morgan fingerprint density at radius 2 is 1.61 bits per heavy atom. The Bertz CT molecular complexity index is 1390. The third kappa shape index (κ3) is 2.51. The van der Waals surface area contributed by atoms with E-state index >= 15 is 0 Å². The molecule has 0 radical (unpaired) electrons. The molecule has 2 aromatic heterocycles. The number of benzene rings is 2. The van der Waals surface area contributed by atoms with Gasteiger partial charge in [0.2, 0.25) is 0 Å². The van der Waals surface area contributed by atoms with Gasteiger partial charge < -0.3 is 8.83 Å². The number of hydrogen-bond donors (Lipinski definition) is 0. The van der Waals surface area contributed by atoms with Gasteiger partial charge >= 0.3 is 0 Å². The van der Waals surface area contributed by atoms with Gasteiger partial charge in [-0.15, -0.1) is 0 Å². The summed E-state index contributed by atoms with van der Waals surface area (Å²) in [5, 5.41) is 1.65. The van der Waals surface area contributed by atoms with E-state index < -0.39 is 6.04 Å². The highest BCUT2D eigenvalue weighted by Gasteiger charge is 2.36. The van der Waals surface area contributed by atoms with Crippen LogP contribution in [0.15, 0.2) is 61.1 Å². The SMILES string of the molecule is CN1Cc2oc3ccc(Cl)cc3c(=O)c2C1c1coc2ccc(Cl)cc2c1=O. The zero-order valence-corrected chi connectivity index (χ0v) is 16.2. The molecule has 28 heavy (non-hydrogen) atoms. The van der Waals surface area contributed by atoms with E-state index in [1.54, 1.807) is 36.4 Å². The summed E-state index contributed by atoms with van der Waals surface area (Å²) < 4.78 is 11.6. The van der Waals surface area contributed by atoms with Gasteiger partial charge in [0.1, 0.15) is 23.2 Å². The van der Waals surface area contributed by atoms with E-state index in [1.165, 1.54) is 6.26 Å². The molecule has 1 aliphatic heterocycles. The third-order valence-corrected chi connectivity index (χ3v) is 5.60. The largest absolute Gasteiger partial charge is 0.464 e. The summed E-state index contributed by atoms with van der Waals surface area (Å²) in [6.45, 7) is 0.404. The number of hydrogen-bond acceptors (Lipinski definition) is 5. The van der Waals surface area contributed by atoms with Gasteiger partial charge in [0, 0.05) is 10.0 Å². The molecule has 0 N–H and O–H groups in total. The minimum Gasteiger partial charge on any atom is -0.464 e. The summed E-state index contributed by atoms with van der Waals surface area (Å²) in [5.41, 5.74) is 1.30. The molecule has 0 saturated carbocycles. The molecule has 4 aromatic rings. The van der Waals surface area contributed by atoms with E-state index in [2.05, 4.69) is 0 Å². The van der Waals surface area contributed by atoms with Crippen molar-refractivity contribution in [1.82, 2.24) is 4.90 Å². The average Bonchev–Trinajstić information content (AvgIpc) is 2.99. The van der Waals surface area contributed by atoms with E-state index in [1.807, 2.05) is 11.9 Å². The molecule has 1 atom stereocenters. The molecule has 1 aliphatic rings. The molecule has 140 valence electrons. The first-order valence-corrected chi connectivity index (χ1v) is 9.36. The van der Waals surface area contributed by atoms with Crippen LogP contribution in [0.1, 0.15) is 22.9 Å². The zero-order valence-electron chi connectivity index (χ0n) is 14.7. The van der Waals surface area contributed by atoms with Crippen LogP contribution in [-0.2, 0) is 6.54 Å². The normalized spacial score (nSPS) is 16.8. The number of rotatable bonds is 1. The highest BCUT2D eigenvalue weighted by molar-refractivity contribution is 6.31. The molecule has 0 bridgehead atoms. The lowest BCUT2D eigenvalue weighted by atomic mass is 9.99. The van der Waals surface area contributed by atoms with Crippen LogP contribution in [0.2, 0.25) is 10.0 Å². The van der Waals surface area contributed by atoms with Crippen LogP contribution in [0, 0.1) is 0 Å². The summed E-state index contributed by atoms with van der Waals surface area (Å²) in [4.78, 5) is 28.3. The first-order valence-electron chi connectivity index (χ1n) is 8.60. The van der Waals surface area contributed by atoms with E-state index in [9.17, 15) is 9.59 Å². The van der Waals surface area contributed by atoms with Crippen molar-refractivity contribution in [3.63, 3.8) is 0 Å². The van der Waals surface area contributed by atoms with Crippen molar-refractivity contribution >= 4 is 45.1 Å². The van der Waals surface area contributed by atoms with Crippen LogP contribution in [0.25, 0.3) is 21.9 Å². The van der Waals surface area contributed by atoms with Crippen molar-refractivity contribution in [2.75, 3.05) is 7.05 Å². The van der Waals surface area contributed by atoms with E-state index in [4.69, 9.17) is 32.0 Å². The van der Waals surface area contributed by atoms with Gasteiger partial charge in [-0.25, -0.2) is 0 Å². The van der Waals surface area contributed by atoms with Gasteiger partial charge in [-0.1, -0.05) is 23.2 Å². The fourth-order valence-electron chi connectivity index (χ4n) is 3.86. The highest BCUT2D eigenvalue weighted by atomic mass is 35.5. The summed E-state index contributed by atoms with van der Waals surface area (Å²) in [7, 11) is 1.83. The van der Waals surface area contributed by atoms with Gasteiger partial charge in [0.05, 0.1) is 34.5 Å². The quantitative estimate of drug-likeness (QED) is 0.450. The molecule has 0 fully saturated rings. The molecule has 7 heteroatoms. The lowest BCUT2D eigenvalue weighted by Gasteiger charge is -2.19. The smallest absolute Gasteiger partial charge is 0.198 e. The third-order valence-electron chi connectivity index (χ3n) is 5.13. The molecule has 5 nitrogen and oxygen atoms in total. The van der Waals surface area contributed by atoms with Crippen LogP contribution in [0.4, 0.5) is 0 Å². The van der Waals surface area contributed by atoms with Gasteiger partial charge in [0.15, 0.2) is 10.9 Å². The van der Waals surface area contributed by atoms with Gasteiger partial charge in [0.25, 0.3) is 0 Å². The number of nitrogens with zero attached hydrogens (tertiary/aromatic N) is 1. The van der Waals surface area contributed by atoms with Crippen molar-refractivity contribution in [2.24, 2.45) is 0 Å². The Morgan fingerprint density at radius 1 is 0.964 bits per heavy atom. The lowest BCUT2D eigenvalue weighted by Crippen LogP contribution is -2.26. The maximum absolute atomic E-state index is 13.2. The van der Waals surface area contributed by atoms with Crippen molar-refractivity contribution in [3.05, 3.63) is 90.0 Å². The molecular formula is C21H13Cl2NO4. The fourth-order valence-corrected chi connectivity index (χ4v) is 4.20. The van der Waals surface area contributed by atoms with E-state index in [-0.39, 0.29) is 10.9 Å². The first kappa shape index (κ1) is 17.5. The van der Waals surface area contributed by atoms with Crippen LogP contribution in [-0.4, -0.2) is 11.9 Å². The van der Waals surface area contributed by atoms with Crippen molar-refractivity contribution < 1.29 is 8.83 Å².